The van der Waals surface area contributed by atoms with Crippen LogP contribution in [0.25, 0.3) is 0 Å². The molecule has 29 heavy (non-hydrogen) atoms. The standard InChI is InChI=1S/C22H16BrN3O3/c23-16-9-5-14(6-10-16)19-13-20-18-3-1-2-4-21(18)29-22(25(20)24-19)15-7-11-17(12-8-15)26(27)28/h1-12,20,22H,13H2/t20-,22+/m0/s1. The van der Waals surface area contributed by atoms with Crippen LogP contribution in [0.2, 0.25) is 0 Å². The molecule has 5 rings (SSSR count). The van der Waals surface area contributed by atoms with Crippen molar-refractivity contribution in [3.63, 3.8) is 0 Å². The number of hydrogen-bond acceptors (Lipinski definition) is 5. The summed E-state index contributed by atoms with van der Waals surface area (Å²) < 4.78 is 7.30. The van der Waals surface area contributed by atoms with E-state index < -0.39 is 11.2 Å². The third-order valence-electron chi connectivity index (χ3n) is 5.27. The number of rotatable bonds is 3. The smallest absolute Gasteiger partial charge is 0.269 e. The molecule has 3 aromatic carbocycles. The summed E-state index contributed by atoms with van der Waals surface area (Å²) in [6.45, 7) is 0. The number of fused-ring (bicyclic) bond motifs is 3. The zero-order valence-electron chi connectivity index (χ0n) is 15.2. The van der Waals surface area contributed by atoms with Crippen LogP contribution in [-0.4, -0.2) is 15.6 Å². The first kappa shape index (κ1) is 17.9. The quantitative estimate of drug-likeness (QED) is 0.385. The lowest BCUT2D eigenvalue weighted by atomic mass is 9.96. The lowest BCUT2D eigenvalue weighted by Crippen LogP contribution is -2.33. The van der Waals surface area contributed by atoms with Gasteiger partial charge in [-0.3, -0.25) is 10.1 Å². The van der Waals surface area contributed by atoms with Gasteiger partial charge in [0.15, 0.2) is 0 Å². The van der Waals surface area contributed by atoms with E-state index in [1.165, 1.54) is 12.1 Å². The molecule has 0 saturated carbocycles. The lowest BCUT2D eigenvalue weighted by molar-refractivity contribution is -0.384. The van der Waals surface area contributed by atoms with E-state index in [1.54, 1.807) is 12.1 Å². The highest BCUT2D eigenvalue weighted by atomic mass is 79.9. The van der Waals surface area contributed by atoms with E-state index in [1.807, 2.05) is 35.3 Å². The number of benzene rings is 3. The normalized spacial score (nSPS) is 19.8. The fourth-order valence-electron chi connectivity index (χ4n) is 3.83. The number of para-hydroxylation sites is 1. The Balaban J connectivity index is 1.56. The maximum absolute atomic E-state index is 11.0. The zero-order chi connectivity index (χ0) is 20.0. The fraction of sp³-hybridized carbons (Fsp3) is 0.136. The average molecular weight is 450 g/mol. The highest BCUT2D eigenvalue weighted by molar-refractivity contribution is 9.10. The molecule has 2 aliphatic rings. The number of non-ortho nitro benzene ring substituents is 1. The first-order valence-corrected chi connectivity index (χ1v) is 10.0. The summed E-state index contributed by atoms with van der Waals surface area (Å²) in [6.07, 6.45) is 0.328. The van der Waals surface area contributed by atoms with Gasteiger partial charge in [-0.2, -0.15) is 5.10 Å². The first-order valence-electron chi connectivity index (χ1n) is 9.22. The predicted molar refractivity (Wildman–Crippen MR) is 113 cm³/mol. The van der Waals surface area contributed by atoms with Crippen molar-refractivity contribution in [1.82, 2.24) is 5.01 Å². The van der Waals surface area contributed by atoms with Gasteiger partial charge in [-0.25, -0.2) is 5.01 Å². The Morgan fingerprint density at radius 1 is 1.03 bits per heavy atom. The third kappa shape index (κ3) is 3.17. The summed E-state index contributed by atoms with van der Waals surface area (Å²) in [4.78, 5) is 10.6. The summed E-state index contributed by atoms with van der Waals surface area (Å²) >= 11 is 3.47. The van der Waals surface area contributed by atoms with Gasteiger partial charge in [-0.15, -0.1) is 0 Å². The van der Waals surface area contributed by atoms with Crippen LogP contribution in [0.3, 0.4) is 0 Å². The van der Waals surface area contributed by atoms with Gasteiger partial charge in [0.2, 0.25) is 6.23 Å². The van der Waals surface area contributed by atoms with Crippen molar-refractivity contribution in [1.29, 1.82) is 0 Å². The summed E-state index contributed by atoms with van der Waals surface area (Å²) in [5, 5.41) is 17.9. The van der Waals surface area contributed by atoms with Crippen molar-refractivity contribution in [3.05, 3.63) is 104 Å². The van der Waals surface area contributed by atoms with Gasteiger partial charge in [0.25, 0.3) is 5.69 Å². The summed E-state index contributed by atoms with van der Waals surface area (Å²) in [6, 6.07) is 22.6. The van der Waals surface area contributed by atoms with E-state index in [9.17, 15) is 10.1 Å². The Bertz CT molecular complexity index is 1110. The first-order chi connectivity index (χ1) is 14.1. The summed E-state index contributed by atoms with van der Waals surface area (Å²) in [5.41, 5.74) is 4.05. The molecule has 3 aromatic rings. The van der Waals surface area contributed by atoms with Crippen LogP contribution in [0.5, 0.6) is 5.75 Å². The van der Waals surface area contributed by atoms with Crippen LogP contribution < -0.4 is 4.74 Å². The Kier molecular flexibility index (Phi) is 4.32. The number of hydrazone groups is 1. The maximum atomic E-state index is 11.0. The maximum Gasteiger partial charge on any atom is 0.269 e. The number of hydrogen-bond donors (Lipinski definition) is 0. The van der Waals surface area contributed by atoms with E-state index in [2.05, 4.69) is 34.1 Å². The second kappa shape index (κ2) is 7.00. The number of nitro benzene ring substituents is 1. The van der Waals surface area contributed by atoms with Crippen LogP contribution >= 0.6 is 15.9 Å². The molecule has 0 amide bonds. The molecule has 0 saturated heterocycles. The Labute approximate surface area is 175 Å². The fourth-order valence-corrected chi connectivity index (χ4v) is 4.10. The van der Waals surface area contributed by atoms with Crippen LogP contribution in [0.1, 0.15) is 35.4 Å². The van der Waals surface area contributed by atoms with Gasteiger partial charge in [0.1, 0.15) is 5.75 Å². The number of nitro groups is 1. The van der Waals surface area contributed by atoms with E-state index in [0.717, 1.165) is 39.0 Å². The molecule has 0 N–H and O–H groups in total. The number of nitrogens with zero attached hydrogens (tertiary/aromatic N) is 3. The van der Waals surface area contributed by atoms with Gasteiger partial charge in [0.05, 0.1) is 16.7 Å². The lowest BCUT2D eigenvalue weighted by Gasteiger charge is -2.38. The summed E-state index contributed by atoms with van der Waals surface area (Å²) in [5.74, 6) is 0.823. The Morgan fingerprint density at radius 2 is 1.76 bits per heavy atom. The molecule has 2 atom stereocenters. The van der Waals surface area contributed by atoms with Crippen LogP contribution in [-0.2, 0) is 0 Å². The van der Waals surface area contributed by atoms with Crippen molar-refractivity contribution in [2.24, 2.45) is 5.10 Å². The topological polar surface area (TPSA) is 68.0 Å². The van der Waals surface area contributed by atoms with Gasteiger partial charge < -0.3 is 4.74 Å². The molecule has 0 bridgehead atoms. The van der Waals surface area contributed by atoms with Crippen molar-refractivity contribution >= 4 is 27.3 Å². The van der Waals surface area contributed by atoms with Gasteiger partial charge in [0, 0.05) is 34.2 Å². The summed E-state index contributed by atoms with van der Waals surface area (Å²) in [7, 11) is 0. The van der Waals surface area contributed by atoms with E-state index in [-0.39, 0.29) is 11.7 Å². The van der Waals surface area contributed by atoms with Crippen molar-refractivity contribution in [3.8, 4) is 5.75 Å². The minimum atomic E-state index is -0.441. The number of halogens is 1. The van der Waals surface area contributed by atoms with Crippen molar-refractivity contribution < 1.29 is 9.66 Å². The molecule has 0 radical (unpaired) electrons. The molecule has 2 heterocycles. The monoisotopic (exact) mass is 449 g/mol. The predicted octanol–water partition coefficient (Wildman–Crippen LogP) is 5.60. The minimum Gasteiger partial charge on any atom is -0.464 e. The second-order valence-electron chi connectivity index (χ2n) is 7.01. The van der Waals surface area contributed by atoms with Crippen LogP contribution in [0.15, 0.2) is 82.4 Å². The average Bonchev–Trinajstić information content (AvgIpc) is 3.19. The second-order valence-corrected chi connectivity index (χ2v) is 7.93. The number of ether oxygens (including phenoxy) is 1. The van der Waals surface area contributed by atoms with Crippen molar-refractivity contribution in [2.45, 2.75) is 18.7 Å². The Morgan fingerprint density at radius 3 is 2.48 bits per heavy atom. The Hall–Kier alpha value is -3.19. The molecule has 0 aromatic heterocycles. The molecule has 144 valence electrons. The molecule has 0 spiro atoms. The van der Waals surface area contributed by atoms with Gasteiger partial charge in [-0.1, -0.05) is 46.3 Å². The molecule has 0 fully saturated rings. The minimum absolute atomic E-state index is 0.0544. The molecular weight excluding hydrogens is 434 g/mol. The highest BCUT2D eigenvalue weighted by Gasteiger charge is 2.40. The SMILES string of the molecule is O=[N+]([O-])c1ccc([C@H]2Oc3ccccc3[C@@H]3CC(c4ccc(Br)cc4)=NN23)cc1. The molecule has 7 heteroatoms. The molecular formula is C22H16BrN3O3. The molecule has 0 aliphatic carbocycles. The molecule has 0 unspecified atom stereocenters. The van der Waals surface area contributed by atoms with Gasteiger partial charge in [-0.05, 0) is 35.9 Å². The van der Waals surface area contributed by atoms with Crippen LogP contribution in [0, 0.1) is 10.1 Å². The third-order valence-corrected chi connectivity index (χ3v) is 5.79. The largest absolute Gasteiger partial charge is 0.464 e. The van der Waals surface area contributed by atoms with Crippen molar-refractivity contribution in [2.75, 3.05) is 0 Å². The van der Waals surface area contributed by atoms with E-state index in [0.29, 0.717) is 0 Å². The van der Waals surface area contributed by atoms with Crippen LogP contribution in [0.4, 0.5) is 5.69 Å². The highest BCUT2D eigenvalue weighted by Crippen LogP contribution is 2.47. The van der Waals surface area contributed by atoms with E-state index >= 15 is 0 Å². The molecule has 2 aliphatic heterocycles. The zero-order valence-corrected chi connectivity index (χ0v) is 16.8. The van der Waals surface area contributed by atoms with E-state index in [4.69, 9.17) is 9.84 Å². The van der Waals surface area contributed by atoms with Gasteiger partial charge >= 0.3 is 0 Å². The molecule has 6 nitrogen and oxygen atoms in total.